The Morgan fingerprint density at radius 2 is 1.86 bits per heavy atom. The quantitative estimate of drug-likeness (QED) is 0.789. The Kier molecular flexibility index (Phi) is 2.79. The third kappa shape index (κ3) is 1.75. The highest BCUT2D eigenvalue weighted by Gasteiger charge is 2.40. The van der Waals surface area contributed by atoms with E-state index in [1.807, 2.05) is 55.6 Å². The number of hydrogen-bond acceptors (Lipinski definition) is 3. The zero-order chi connectivity index (χ0) is 15.1. The number of nitrogens with one attached hydrogen (secondary N) is 1. The number of pyridine rings is 1. The molecule has 1 aromatic carbocycles. The third-order valence-electron chi connectivity index (χ3n) is 4.02. The number of aromatic amines is 1. The first-order valence-electron chi connectivity index (χ1n) is 7.09. The monoisotopic (exact) mass is 290 g/mol. The van der Waals surface area contributed by atoms with Crippen molar-refractivity contribution in [2.45, 2.75) is 6.04 Å². The van der Waals surface area contributed by atoms with Crippen LogP contribution in [0.3, 0.4) is 0 Å². The van der Waals surface area contributed by atoms with Gasteiger partial charge in [0.05, 0.1) is 11.7 Å². The molecule has 4 rings (SSSR count). The van der Waals surface area contributed by atoms with Crippen molar-refractivity contribution >= 4 is 5.91 Å². The molecule has 3 heterocycles. The van der Waals surface area contributed by atoms with Crippen molar-refractivity contribution in [2.24, 2.45) is 0 Å². The van der Waals surface area contributed by atoms with E-state index in [1.165, 1.54) is 0 Å². The summed E-state index contributed by atoms with van der Waals surface area (Å²) in [5.74, 6) is -0.0430. The fourth-order valence-corrected chi connectivity index (χ4v) is 2.99. The summed E-state index contributed by atoms with van der Waals surface area (Å²) in [5.41, 5.74) is 4.02. The van der Waals surface area contributed by atoms with E-state index in [2.05, 4.69) is 15.2 Å². The van der Waals surface area contributed by atoms with E-state index in [0.29, 0.717) is 5.69 Å². The average Bonchev–Trinajstić information content (AvgIpc) is 3.10. The normalized spacial score (nSPS) is 16.9. The van der Waals surface area contributed by atoms with Crippen molar-refractivity contribution in [3.63, 3.8) is 0 Å². The van der Waals surface area contributed by atoms with E-state index in [4.69, 9.17) is 0 Å². The first-order valence-corrected chi connectivity index (χ1v) is 7.09. The number of fused-ring (bicyclic) bond motifs is 1. The van der Waals surface area contributed by atoms with Crippen molar-refractivity contribution in [3.8, 4) is 11.4 Å². The van der Waals surface area contributed by atoms with Gasteiger partial charge in [0.1, 0.15) is 11.4 Å². The molecule has 108 valence electrons. The summed E-state index contributed by atoms with van der Waals surface area (Å²) in [7, 11) is 1.82. The molecule has 1 aliphatic rings. The van der Waals surface area contributed by atoms with Crippen LogP contribution in [0, 0.1) is 0 Å². The highest BCUT2D eigenvalue weighted by molar-refractivity contribution is 5.99. The molecule has 0 fully saturated rings. The van der Waals surface area contributed by atoms with Gasteiger partial charge in [-0.1, -0.05) is 36.4 Å². The van der Waals surface area contributed by atoms with E-state index < -0.39 is 0 Å². The Balaban J connectivity index is 1.92. The number of nitrogens with zero attached hydrogens (tertiary/aromatic N) is 3. The van der Waals surface area contributed by atoms with Crippen molar-refractivity contribution in [1.29, 1.82) is 0 Å². The van der Waals surface area contributed by atoms with E-state index in [0.717, 1.165) is 22.5 Å². The molecular weight excluding hydrogens is 276 g/mol. The second kappa shape index (κ2) is 4.80. The lowest BCUT2D eigenvalue weighted by molar-refractivity contribution is 0.0788. The molecule has 0 spiro atoms. The Hall–Kier alpha value is -2.95. The van der Waals surface area contributed by atoms with E-state index in [9.17, 15) is 4.79 Å². The Labute approximate surface area is 127 Å². The van der Waals surface area contributed by atoms with Gasteiger partial charge in [-0.15, -0.1) is 0 Å². The minimum Gasteiger partial charge on any atom is -0.329 e. The predicted molar refractivity (Wildman–Crippen MR) is 82.2 cm³/mol. The molecule has 0 saturated heterocycles. The number of aromatic nitrogens is 3. The number of amides is 1. The molecule has 2 aromatic heterocycles. The van der Waals surface area contributed by atoms with E-state index in [-0.39, 0.29) is 11.9 Å². The lowest BCUT2D eigenvalue weighted by Crippen LogP contribution is -2.24. The topological polar surface area (TPSA) is 61.9 Å². The SMILES string of the molecule is CN1C(=O)c2[nH]nc(-c3ccccn3)c2C1c1ccccc1. The van der Waals surface area contributed by atoms with Crippen LogP contribution >= 0.6 is 0 Å². The standard InChI is InChI=1S/C17H14N4O/c1-21-16(11-7-3-2-4-8-11)13-14(12-9-5-6-10-18-12)19-20-15(13)17(21)22/h2-10,16H,1H3,(H,19,20). The van der Waals surface area contributed by atoms with Crippen molar-refractivity contribution in [2.75, 3.05) is 7.05 Å². The molecule has 0 bridgehead atoms. The van der Waals surface area contributed by atoms with Crippen LogP contribution in [0.15, 0.2) is 54.7 Å². The van der Waals surface area contributed by atoms with Crippen LogP contribution in [0.25, 0.3) is 11.4 Å². The van der Waals surface area contributed by atoms with E-state index >= 15 is 0 Å². The average molecular weight is 290 g/mol. The second-order valence-electron chi connectivity index (χ2n) is 5.31. The van der Waals surface area contributed by atoms with Crippen LogP contribution in [0.1, 0.15) is 27.7 Å². The number of carbonyl (C=O) groups excluding carboxylic acids is 1. The summed E-state index contributed by atoms with van der Waals surface area (Å²) < 4.78 is 0. The summed E-state index contributed by atoms with van der Waals surface area (Å²) in [6, 6.07) is 15.5. The molecule has 0 radical (unpaired) electrons. The molecule has 0 aliphatic carbocycles. The van der Waals surface area contributed by atoms with Crippen LogP contribution in [0.5, 0.6) is 0 Å². The van der Waals surface area contributed by atoms with Gasteiger partial charge in [0.2, 0.25) is 0 Å². The Morgan fingerprint density at radius 1 is 1.09 bits per heavy atom. The molecule has 5 nitrogen and oxygen atoms in total. The molecule has 1 amide bonds. The molecule has 1 N–H and O–H groups in total. The van der Waals surface area contributed by atoms with Gasteiger partial charge in [0.15, 0.2) is 0 Å². The van der Waals surface area contributed by atoms with Gasteiger partial charge >= 0.3 is 0 Å². The van der Waals surface area contributed by atoms with Crippen LogP contribution in [0.2, 0.25) is 0 Å². The maximum atomic E-state index is 12.5. The summed E-state index contributed by atoms with van der Waals surface area (Å²) >= 11 is 0. The highest BCUT2D eigenvalue weighted by Crippen LogP contribution is 2.41. The number of rotatable bonds is 2. The lowest BCUT2D eigenvalue weighted by atomic mass is 9.98. The zero-order valence-corrected chi connectivity index (χ0v) is 12.0. The van der Waals surface area contributed by atoms with Crippen LogP contribution in [-0.4, -0.2) is 33.0 Å². The molecule has 22 heavy (non-hydrogen) atoms. The molecule has 1 atom stereocenters. The Morgan fingerprint density at radius 3 is 2.59 bits per heavy atom. The lowest BCUT2D eigenvalue weighted by Gasteiger charge is -2.21. The zero-order valence-electron chi connectivity index (χ0n) is 12.0. The highest BCUT2D eigenvalue weighted by atomic mass is 16.2. The fourth-order valence-electron chi connectivity index (χ4n) is 2.99. The maximum absolute atomic E-state index is 12.5. The second-order valence-corrected chi connectivity index (χ2v) is 5.31. The summed E-state index contributed by atoms with van der Waals surface area (Å²) in [5, 5.41) is 7.22. The summed E-state index contributed by atoms with van der Waals surface area (Å²) in [6.45, 7) is 0. The summed E-state index contributed by atoms with van der Waals surface area (Å²) in [4.78, 5) is 18.6. The molecule has 0 saturated carbocycles. The van der Waals surface area contributed by atoms with Crippen LogP contribution in [0.4, 0.5) is 0 Å². The van der Waals surface area contributed by atoms with Gasteiger partial charge in [0.25, 0.3) is 5.91 Å². The number of hydrogen-bond donors (Lipinski definition) is 1. The minimum absolute atomic E-state index is 0.0430. The van der Waals surface area contributed by atoms with Gasteiger partial charge in [-0.2, -0.15) is 5.10 Å². The first kappa shape index (κ1) is 12.8. The van der Waals surface area contributed by atoms with Gasteiger partial charge < -0.3 is 4.90 Å². The van der Waals surface area contributed by atoms with Gasteiger partial charge in [0, 0.05) is 18.8 Å². The third-order valence-corrected chi connectivity index (χ3v) is 4.02. The minimum atomic E-state index is -0.139. The fraction of sp³-hybridized carbons (Fsp3) is 0.118. The molecule has 1 unspecified atom stereocenters. The van der Waals surface area contributed by atoms with Crippen molar-refractivity contribution in [1.82, 2.24) is 20.1 Å². The predicted octanol–water partition coefficient (Wildman–Crippen LogP) is 2.65. The van der Waals surface area contributed by atoms with Gasteiger partial charge in [-0.05, 0) is 17.7 Å². The summed E-state index contributed by atoms with van der Waals surface area (Å²) in [6.07, 6.45) is 1.73. The van der Waals surface area contributed by atoms with Gasteiger partial charge in [-0.3, -0.25) is 14.9 Å². The molecule has 1 aliphatic heterocycles. The number of H-pyrrole nitrogens is 1. The maximum Gasteiger partial charge on any atom is 0.272 e. The van der Waals surface area contributed by atoms with Gasteiger partial charge in [-0.25, -0.2) is 0 Å². The number of benzene rings is 1. The van der Waals surface area contributed by atoms with Crippen molar-refractivity contribution in [3.05, 3.63) is 71.5 Å². The molecule has 3 aromatic rings. The Bertz CT molecular complexity index is 826. The molecular formula is C17H14N4O. The number of carbonyl (C=O) groups is 1. The largest absolute Gasteiger partial charge is 0.329 e. The van der Waals surface area contributed by atoms with E-state index in [1.54, 1.807) is 11.1 Å². The molecule has 5 heteroatoms. The van der Waals surface area contributed by atoms with Crippen LogP contribution in [-0.2, 0) is 0 Å². The van der Waals surface area contributed by atoms with Crippen molar-refractivity contribution < 1.29 is 4.79 Å². The van der Waals surface area contributed by atoms with Crippen LogP contribution < -0.4 is 0 Å². The first-order chi connectivity index (χ1) is 10.8. The smallest absolute Gasteiger partial charge is 0.272 e.